The summed E-state index contributed by atoms with van der Waals surface area (Å²) in [6, 6.07) is 0. The zero-order chi connectivity index (χ0) is 7.28. The number of hydrogen-bond donors (Lipinski definition) is 2. The van der Waals surface area contributed by atoms with Gasteiger partial charge in [0.15, 0.2) is 0 Å². The molecule has 0 bridgehead atoms. The molecule has 0 radical (unpaired) electrons. The van der Waals surface area contributed by atoms with Crippen LogP contribution in [0.1, 0.15) is 20.8 Å². The van der Waals surface area contributed by atoms with Crippen molar-refractivity contribution in [2.24, 2.45) is 5.92 Å². The summed E-state index contributed by atoms with van der Waals surface area (Å²) in [6.45, 7) is 6.33. The Balaban J connectivity index is 2.91. The van der Waals surface area contributed by atoms with Gasteiger partial charge in [-0.1, -0.05) is 13.8 Å². The van der Waals surface area contributed by atoms with Gasteiger partial charge in [-0.3, -0.25) is 4.84 Å². The molecule has 0 aromatic carbocycles. The first kappa shape index (κ1) is 8.88. The van der Waals surface area contributed by atoms with Gasteiger partial charge in [0.1, 0.15) is 6.23 Å². The maximum atomic E-state index is 8.63. The Morgan fingerprint density at radius 2 is 2.00 bits per heavy atom. The van der Waals surface area contributed by atoms with E-state index in [1.807, 2.05) is 13.8 Å². The number of nitrogens with one attached hydrogen (secondary N) is 1. The second kappa shape index (κ2) is 4.73. The molecular weight excluding hydrogens is 118 g/mol. The molecule has 56 valence electrons. The Morgan fingerprint density at radius 3 is 2.33 bits per heavy atom. The molecular formula is C6H15NO2. The third-order valence-corrected chi connectivity index (χ3v) is 0.671. The van der Waals surface area contributed by atoms with Gasteiger partial charge in [0, 0.05) is 0 Å². The molecule has 1 atom stereocenters. The molecule has 0 spiro atoms. The Kier molecular flexibility index (Phi) is 4.67. The number of hydroxylamine groups is 1. The SMILES string of the molecule is CC(C)CONC(C)O. The predicted octanol–water partition coefficient (Wildman–Crippen LogP) is 0.502. The summed E-state index contributed by atoms with van der Waals surface area (Å²) >= 11 is 0. The van der Waals surface area contributed by atoms with Crippen molar-refractivity contribution in [3.8, 4) is 0 Å². The first-order valence-electron chi connectivity index (χ1n) is 3.18. The fraction of sp³-hybridized carbons (Fsp3) is 1.00. The topological polar surface area (TPSA) is 41.5 Å². The van der Waals surface area contributed by atoms with Crippen molar-refractivity contribution >= 4 is 0 Å². The van der Waals surface area contributed by atoms with Crippen LogP contribution in [-0.2, 0) is 4.84 Å². The van der Waals surface area contributed by atoms with E-state index < -0.39 is 6.23 Å². The smallest absolute Gasteiger partial charge is 0.124 e. The second-order valence-electron chi connectivity index (χ2n) is 2.50. The Labute approximate surface area is 56.0 Å². The molecule has 0 saturated carbocycles. The standard InChI is InChI=1S/C6H15NO2/c1-5(2)4-9-7-6(3)8/h5-8H,4H2,1-3H3. The summed E-state index contributed by atoms with van der Waals surface area (Å²) < 4.78 is 0. The zero-order valence-corrected chi connectivity index (χ0v) is 6.22. The van der Waals surface area contributed by atoms with Crippen molar-refractivity contribution in [1.82, 2.24) is 5.48 Å². The third kappa shape index (κ3) is 7.88. The van der Waals surface area contributed by atoms with Crippen molar-refractivity contribution in [3.05, 3.63) is 0 Å². The molecule has 9 heavy (non-hydrogen) atoms. The van der Waals surface area contributed by atoms with Gasteiger partial charge in [0.2, 0.25) is 0 Å². The van der Waals surface area contributed by atoms with Crippen molar-refractivity contribution in [3.63, 3.8) is 0 Å². The molecule has 3 nitrogen and oxygen atoms in total. The number of aliphatic hydroxyl groups excluding tert-OH is 1. The first-order valence-corrected chi connectivity index (χ1v) is 3.18. The van der Waals surface area contributed by atoms with Crippen LogP contribution in [0.2, 0.25) is 0 Å². The summed E-state index contributed by atoms with van der Waals surface area (Å²) in [7, 11) is 0. The average molecular weight is 133 g/mol. The van der Waals surface area contributed by atoms with Gasteiger partial charge in [-0.05, 0) is 12.8 Å². The molecule has 3 heteroatoms. The lowest BCUT2D eigenvalue weighted by Crippen LogP contribution is -2.27. The van der Waals surface area contributed by atoms with Crippen LogP contribution in [0.5, 0.6) is 0 Å². The van der Waals surface area contributed by atoms with Crippen LogP contribution in [0.25, 0.3) is 0 Å². The summed E-state index contributed by atoms with van der Waals surface area (Å²) in [5.74, 6) is 0.497. The highest BCUT2D eigenvalue weighted by atomic mass is 16.7. The summed E-state index contributed by atoms with van der Waals surface area (Å²) in [6.07, 6.45) is -0.580. The molecule has 0 amide bonds. The fourth-order valence-corrected chi connectivity index (χ4v) is 0.335. The van der Waals surface area contributed by atoms with E-state index >= 15 is 0 Å². The Bertz CT molecular complexity index is 56.1. The summed E-state index contributed by atoms with van der Waals surface area (Å²) in [5.41, 5.74) is 2.43. The quantitative estimate of drug-likeness (QED) is 0.433. The third-order valence-electron chi connectivity index (χ3n) is 0.671. The fourth-order valence-electron chi connectivity index (χ4n) is 0.335. The van der Waals surface area contributed by atoms with E-state index in [2.05, 4.69) is 5.48 Å². The van der Waals surface area contributed by atoms with E-state index in [4.69, 9.17) is 9.94 Å². The molecule has 1 unspecified atom stereocenters. The molecule has 2 N–H and O–H groups in total. The molecule has 0 aromatic rings. The normalized spacial score (nSPS) is 14.3. The van der Waals surface area contributed by atoms with Crippen LogP contribution in [0.15, 0.2) is 0 Å². The van der Waals surface area contributed by atoms with Gasteiger partial charge in [0.05, 0.1) is 6.61 Å². The van der Waals surface area contributed by atoms with Crippen LogP contribution in [0, 0.1) is 5.92 Å². The van der Waals surface area contributed by atoms with Crippen LogP contribution in [-0.4, -0.2) is 17.9 Å². The molecule has 0 aliphatic heterocycles. The number of rotatable bonds is 4. The molecule has 0 aliphatic carbocycles. The molecule has 0 saturated heterocycles. The van der Waals surface area contributed by atoms with Gasteiger partial charge < -0.3 is 5.11 Å². The number of hydrogen-bond acceptors (Lipinski definition) is 3. The van der Waals surface area contributed by atoms with E-state index in [-0.39, 0.29) is 0 Å². The van der Waals surface area contributed by atoms with E-state index in [0.717, 1.165) is 0 Å². The lowest BCUT2D eigenvalue weighted by molar-refractivity contribution is -0.0574. The van der Waals surface area contributed by atoms with E-state index in [1.165, 1.54) is 0 Å². The number of aliphatic hydroxyl groups is 1. The van der Waals surface area contributed by atoms with E-state index in [9.17, 15) is 0 Å². The monoisotopic (exact) mass is 133 g/mol. The molecule has 0 aliphatic rings. The minimum atomic E-state index is -0.580. The minimum Gasteiger partial charge on any atom is -0.377 e. The van der Waals surface area contributed by atoms with Crippen molar-refractivity contribution in [1.29, 1.82) is 0 Å². The zero-order valence-electron chi connectivity index (χ0n) is 6.22. The minimum absolute atomic E-state index is 0.497. The van der Waals surface area contributed by atoms with Crippen LogP contribution in [0.3, 0.4) is 0 Å². The lowest BCUT2D eigenvalue weighted by atomic mass is 10.2. The first-order chi connectivity index (χ1) is 4.13. The van der Waals surface area contributed by atoms with Gasteiger partial charge >= 0.3 is 0 Å². The van der Waals surface area contributed by atoms with Gasteiger partial charge in [0.25, 0.3) is 0 Å². The largest absolute Gasteiger partial charge is 0.377 e. The lowest BCUT2D eigenvalue weighted by Gasteiger charge is -2.08. The Hall–Kier alpha value is -0.120. The van der Waals surface area contributed by atoms with Crippen molar-refractivity contribution < 1.29 is 9.94 Å². The highest BCUT2D eigenvalue weighted by Gasteiger charge is 1.94. The summed E-state index contributed by atoms with van der Waals surface area (Å²) in [5, 5.41) is 8.63. The van der Waals surface area contributed by atoms with Crippen molar-refractivity contribution in [2.75, 3.05) is 6.61 Å². The van der Waals surface area contributed by atoms with E-state index in [0.29, 0.717) is 12.5 Å². The van der Waals surface area contributed by atoms with Gasteiger partial charge in [-0.25, -0.2) is 0 Å². The van der Waals surface area contributed by atoms with E-state index in [1.54, 1.807) is 6.92 Å². The molecule has 0 rings (SSSR count). The van der Waals surface area contributed by atoms with Gasteiger partial charge in [-0.2, -0.15) is 5.48 Å². The maximum absolute atomic E-state index is 8.63. The molecule has 0 heterocycles. The van der Waals surface area contributed by atoms with Gasteiger partial charge in [-0.15, -0.1) is 0 Å². The predicted molar refractivity (Wildman–Crippen MR) is 35.6 cm³/mol. The Morgan fingerprint density at radius 1 is 1.44 bits per heavy atom. The second-order valence-corrected chi connectivity index (χ2v) is 2.50. The van der Waals surface area contributed by atoms with Crippen LogP contribution in [0.4, 0.5) is 0 Å². The highest BCUT2D eigenvalue weighted by molar-refractivity contribution is 4.37. The highest BCUT2D eigenvalue weighted by Crippen LogP contribution is 1.89. The molecule has 0 fully saturated rings. The van der Waals surface area contributed by atoms with Crippen molar-refractivity contribution in [2.45, 2.75) is 27.0 Å². The summed E-state index contributed by atoms with van der Waals surface area (Å²) in [4.78, 5) is 4.86. The maximum Gasteiger partial charge on any atom is 0.124 e. The molecule has 0 aromatic heterocycles. The average Bonchev–Trinajstić information content (AvgIpc) is 1.63. The van der Waals surface area contributed by atoms with Crippen LogP contribution < -0.4 is 5.48 Å². The van der Waals surface area contributed by atoms with Crippen LogP contribution >= 0.6 is 0 Å².